The normalized spacial score (nSPS) is 23.9. The molecule has 166 valence electrons. The van der Waals surface area contributed by atoms with Crippen LogP contribution in [0.15, 0.2) is 48.5 Å². The van der Waals surface area contributed by atoms with E-state index < -0.39 is 11.3 Å². The first-order valence-electron chi connectivity index (χ1n) is 11.8. The molecule has 0 spiro atoms. The number of carbonyl (C=O) groups is 2. The Hall–Kier alpha value is -2.92. The van der Waals surface area contributed by atoms with E-state index in [1.807, 2.05) is 6.07 Å². The Balaban J connectivity index is 1.25. The van der Waals surface area contributed by atoms with Crippen molar-refractivity contribution in [1.29, 1.82) is 0 Å². The van der Waals surface area contributed by atoms with E-state index in [2.05, 4.69) is 47.0 Å². The molecule has 2 amide bonds. The summed E-state index contributed by atoms with van der Waals surface area (Å²) in [6, 6.07) is 14.7. The topological polar surface area (TPSA) is 84.2 Å². The number of primary amides is 1. The summed E-state index contributed by atoms with van der Waals surface area (Å²) in [5, 5.41) is 6.72. The molecule has 2 aromatic carbocycles. The van der Waals surface area contributed by atoms with E-state index in [4.69, 9.17) is 5.73 Å². The molecule has 2 aliphatic heterocycles. The van der Waals surface area contributed by atoms with Crippen LogP contribution in [0.5, 0.6) is 0 Å². The molecule has 0 saturated carbocycles. The van der Waals surface area contributed by atoms with E-state index in [0.29, 0.717) is 11.6 Å². The summed E-state index contributed by atoms with van der Waals surface area (Å²) >= 11 is 0. The van der Waals surface area contributed by atoms with E-state index in [1.54, 1.807) is 6.07 Å². The van der Waals surface area contributed by atoms with Gasteiger partial charge in [-0.15, -0.1) is 0 Å². The van der Waals surface area contributed by atoms with E-state index in [0.717, 1.165) is 74.7 Å². The minimum absolute atomic E-state index is 0.0974. The second-order valence-corrected chi connectivity index (χ2v) is 9.42. The lowest BCUT2D eigenvalue weighted by atomic mass is 9.67. The van der Waals surface area contributed by atoms with Gasteiger partial charge in [-0.25, -0.2) is 0 Å². The van der Waals surface area contributed by atoms with Gasteiger partial charge in [0.05, 0.1) is 5.41 Å². The molecular formula is C27H31N3O2. The monoisotopic (exact) mass is 429 g/mol. The van der Waals surface area contributed by atoms with Crippen LogP contribution in [0.3, 0.4) is 0 Å². The lowest BCUT2D eigenvalue weighted by molar-refractivity contribution is -0.121. The lowest BCUT2D eigenvalue weighted by Crippen LogP contribution is -2.38. The molecular weight excluding hydrogens is 398 g/mol. The largest absolute Gasteiger partial charge is 0.366 e. The summed E-state index contributed by atoms with van der Waals surface area (Å²) in [4.78, 5) is 25.1. The minimum atomic E-state index is -0.497. The number of hydrogen-bond acceptors (Lipinski definition) is 3. The number of carbonyl (C=O) groups excluding carboxylic acids is 2. The molecule has 0 aromatic heterocycles. The van der Waals surface area contributed by atoms with Gasteiger partial charge in [0, 0.05) is 23.8 Å². The molecule has 4 N–H and O–H groups in total. The van der Waals surface area contributed by atoms with Gasteiger partial charge < -0.3 is 16.4 Å². The van der Waals surface area contributed by atoms with Crippen molar-refractivity contribution in [3.05, 3.63) is 70.8 Å². The van der Waals surface area contributed by atoms with E-state index >= 15 is 0 Å². The zero-order valence-corrected chi connectivity index (χ0v) is 18.5. The first kappa shape index (κ1) is 21.0. The number of nitrogens with one attached hydrogen (secondary N) is 2. The van der Waals surface area contributed by atoms with Crippen LogP contribution in [0, 0.1) is 0 Å². The van der Waals surface area contributed by atoms with Crippen LogP contribution < -0.4 is 16.4 Å². The predicted octanol–water partition coefficient (Wildman–Crippen LogP) is 4.32. The summed E-state index contributed by atoms with van der Waals surface area (Å²) in [5.74, 6) is -0.302. The highest BCUT2D eigenvalue weighted by atomic mass is 16.2. The molecule has 0 saturated heterocycles. The van der Waals surface area contributed by atoms with Gasteiger partial charge in [-0.1, -0.05) is 49.2 Å². The van der Waals surface area contributed by atoms with Crippen LogP contribution in [0.1, 0.15) is 72.0 Å². The number of nitrogens with two attached hydrogens (primary N) is 1. The van der Waals surface area contributed by atoms with Gasteiger partial charge in [0.2, 0.25) is 11.8 Å². The second-order valence-electron chi connectivity index (χ2n) is 9.42. The molecule has 3 aliphatic rings. The third-order valence-electron chi connectivity index (χ3n) is 7.54. The highest BCUT2D eigenvalue weighted by Gasteiger charge is 2.49. The average Bonchev–Trinajstić information content (AvgIpc) is 3.10. The van der Waals surface area contributed by atoms with Crippen molar-refractivity contribution in [2.75, 3.05) is 11.9 Å². The molecule has 32 heavy (non-hydrogen) atoms. The van der Waals surface area contributed by atoms with Crippen molar-refractivity contribution < 1.29 is 9.59 Å². The van der Waals surface area contributed by atoms with Crippen LogP contribution in [0.4, 0.5) is 5.69 Å². The zero-order chi connectivity index (χ0) is 22.1. The third-order valence-corrected chi connectivity index (χ3v) is 7.54. The van der Waals surface area contributed by atoms with E-state index in [9.17, 15) is 9.59 Å². The van der Waals surface area contributed by atoms with Crippen molar-refractivity contribution in [1.82, 2.24) is 5.32 Å². The molecule has 2 aromatic rings. The highest BCUT2D eigenvalue weighted by molar-refractivity contribution is 6.08. The van der Waals surface area contributed by atoms with Gasteiger partial charge in [-0.2, -0.15) is 0 Å². The van der Waals surface area contributed by atoms with Gasteiger partial charge in [0.1, 0.15) is 0 Å². The number of amides is 2. The zero-order valence-electron chi connectivity index (χ0n) is 18.5. The Bertz CT molecular complexity index is 1080. The van der Waals surface area contributed by atoms with Crippen molar-refractivity contribution in [2.45, 2.75) is 62.8 Å². The van der Waals surface area contributed by atoms with Gasteiger partial charge in [-0.05, 0) is 72.9 Å². The third kappa shape index (κ3) is 3.65. The summed E-state index contributed by atoms with van der Waals surface area (Å²) in [6.45, 7) is 0.911. The van der Waals surface area contributed by atoms with Crippen LogP contribution in [-0.2, 0) is 16.6 Å². The fraction of sp³-hybridized carbons (Fsp3) is 0.407. The standard InChI is InChI=1S/C27H31N3O2/c28-25(31)22-11-12-23-24-21(22)10-6-15-27(24,26(32)30-23)14-5-4-9-20-17-19(13-16-29-20)18-7-2-1-3-8-18/h1-3,7-8,11-13,20,29H,4-6,9-10,14-17H2,(H2,28,31)(H,30,32). The van der Waals surface area contributed by atoms with Crippen molar-refractivity contribution >= 4 is 23.1 Å². The highest BCUT2D eigenvalue weighted by Crippen LogP contribution is 2.50. The molecule has 0 bridgehead atoms. The van der Waals surface area contributed by atoms with E-state index in [-0.39, 0.29) is 5.91 Å². The van der Waals surface area contributed by atoms with Crippen LogP contribution in [0.25, 0.3) is 5.57 Å². The Kier molecular flexibility index (Phi) is 5.60. The predicted molar refractivity (Wildman–Crippen MR) is 128 cm³/mol. The number of hydrogen-bond donors (Lipinski definition) is 3. The summed E-state index contributed by atoms with van der Waals surface area (Å²) in [6.07, 6.45) is 9.93. The Morgan fingerprint density at radius 1 is 1.12 bits per heavy atom. The summed E-state index contributed by atoms with van der Waals surface area (Å²) in [5.41, 5.74) is 11.4. The van der Waals surface area contributed by atoms with Gasteiger partial charge in [0.25, 0.3) is 0 Å². The first-order valence-corrected chi connectivity index (χ1v) is 11.8. The average molecular weight is 430 g/mol. The van der Waals surface area contributed by atoms with Crippen molar-refractivity contribution in [3.63, 3.8) is 0 Å². The SMILES string of the molecule is NC(=O)c1ccc2c3c1CCCC3(CCCCC1CC(c3ccccc3)=CCN1)C(=O)N2. The minimum Gasteiger partial charge on any atom is -0.366 e. The summed E-state index contributed by atoms with van der Waals surface area (Å²) < 4.78 is 0. The smallest absolute Gasteiger partial charge is 0.248 e. The number of rotatable bonds is 7. The lowest BCUT2D eigenvalue weighted by Gasteiger charge is -2.34. The molecule has 5 rings (SSSR count). The maximum absolute atomic E-state index is 13.1. The van der Waals surface area contributed by atoms with Crippen LogP contribution in [0.2, 0.25) is 0 Å². The molecule has 2 unspecified atom stereocenters. The fourth-order valence-electron chi connectivity index (χ4n) is 5.99. The molecule has 5 heteroatoms. The number of unbranched alkanes of at least 4 members (excludes halogenated alkanes) is 1. The number of anilines is 1. The van der Waals surface area contributed by atoms with Gasteiger partial charge in [0.15, 0.2) is 0 Å². The maximum atomic E-state index is 13.1. The van der Waals surface area contributed by atoms with Crippen molar-refractivity contribution in [2.24, 2.45) is 5.73 Å². The van der Waals surface area contributed by atoms with Gasteiger partial charge >= 0.3 is 0 Å². The maximum Gasteiger partial charge on any atom is 0.248 e. The van der Waals surface area contributed by atoms with E-state index in [1.165, 1.54) is 11.1 Å². The second kappa shape index (κ2) is 8.55. The molecule has 1 aliphatic carbocycles. The quantitative estimate of drug-likeness (QED) is 0.573. The Morgan fingerprint density at radius 2 is 1.97 bits per heavy atom. The van der Waals surface area contributed by atoms with Crippen LogP contribution >= 0.6 is 0 Å². The van der Waals surface area contributed by atoms with Crippen LogP contribution in [-0.4, -0.2) is 24.4 Å². The first-order chi connectivity index (χ1) is 15.6. The molecule has 2 atom stereocenters. The number of benzene rings is 2. The molecule has 0 radical (unpaired) electrons. The molecule has 2 heterocycles. The summed E-state index contributed by atoms with van der Waals surface area (Å²) in [7, 11) is 0. The molecule has 5 nitrogen and oxygen atoms in total. The fourth-order valence-corrected chi connectivity index (χ4v) is 5.99. The molecule has 0 fully saturated rings. The Labute approximate surface area is 189 Å². The Morgan fingerprint density at radius 3 is 2.78 bits per heavy atom. The van der Waals surface area contributed by atoms with Gasteiger partial charge in [-0.3, -0.25) is 9.59 Å². The van der Waals surface area contributed by atoms with Crippen molar-refractivity contribution in [3.8, 4) is 0 Å².